The van der Waals surface area contributed by atoms with Crippen LogP contribution in [0.1, 0.15) is 30.4 Å². The van der Waals surface area contributed by atoms with Gasteiger partial charge in [-0.2, -0.15) is 4.98 Å². The molecule has 0 radical (unpaired) electrons. The van der Waals surface area contributed by atoms with Crippen molar-refractivity contribution in [2.45, 2.75) is 34.1 Å². The smallest absolute Gasteiger partial charge is 0.277 e. The van der Waals surface area contributed by atoms with Gasteiger partial charge < -0.3 is 9.84 Å². The molecule has 0 atom stereocenters. The number of aromatic nitrogens is 5. The minimum atomic E-state index is 0.377. The second-order valence-corrected chi connectivity index (χ2v) is 5.71. The Morgan fingerprint density at radius 2 is 1.62 bits per heavy atom. The first-order valence-electron chi connectivity index (χ1n) is 7.94. The number of hydrogen-bond acceptors (Lipinski definition) is 7. The summed E-state index contributed by atoms with van der Waals surface area (Å²) in [5.41, 5.74) is 4.17. The van der Waals surface area contributed by atoms with Crippen LogP contribution in [0.2, 0.25) is 0 Å². The SMILES string of the molecule is CCCNc1nc(C)cc(-c2nc(-c3cc(C)nc(C)c3)no2)n1. The molecular weight excluding hydrogens is 304 g/mol. The van der Waals surface area contributed by atoms with Gasteiger partial charge in [0.2, 0.25) is 11.8 Å². The zero-order valence-corrected chi connectivity index (χ0v) is 14.3. The van der Waals surface area contributed by atoms with Gasteiger partial charge in [0.1, 0.15) is 5.69 Å². The monoisotopic (exact) mass is 324 g/mol. The summed E-state index contributed by atoms with van der Waals surface area (Å²) in [6.45, 7) is 8.70. The van der Waals surface area contributed by atoms with Gasteiger partial charge in [-0.25, -0.2) is 9.97 Å². The number of rotatable bonds is 5. The molecular formula is C17H20N6O. The van der Waals surface area contributed by atoms with E-state index in [-0.39, 0.29) is 0 Å². The Balaban J connectivity index is 1.94. The third kappa shape index (κ3) is 3.56. The lowest BCUT2D eigenvalue weighted by atomic mass is 10.2. The molecule has 0 saturated heterocycles. The first-order chi connectivity index (χ1) is 11.5. The Morgan fingerprint density at radius 3 is 2.33 bits per heavy atom. The van der Waals surface area contributed by atoms with Crippen LogP contribution in [0.5, 0.6) is 0 Å². The lowest BCUT2D eigenvalue weighted by Crippen LogP contribution is -2.05. The minimum Gasteiger partial charge on any atom is -0.354 e. The first-order valence-corrected chi connectivity index (χ1v) is 7.94. The van der Waals surface area contributed by atoms with Crippen LogP contribution in [0.15, 0.2) is 22.7 Å². The number of anilines is 1. The van der Waals surface area contributed by atoms with Gasteiger partial charge in [-0.3, -0.25) is 4.98 Å². The van der Waals surface area contributed by atoms with Crippen molar-refractivity contribution in [1.82, 2.24) is 25.1 Å². The summed E-state index contributed by atoms with van der Waals surface area (Å²) in [6, 6.07) is 5.69. The molecule has 3 aromatic rings. The Morgan fingerprint density at radius 1 is 0.917 bits per heavy atom. The molecule has 0 saturated carbocycles. The summed E-state index contributed by atoms with van der Waals surface area (Å²) in [7, 11) is 0. The maximum atomic E-state index is 5.40. The predicted molar refractivity (Wildman–Crippen MR) is 91.5 cm³/mol. The van der Waals surface area contributed by atoms with E-state index in [9.17, 15) is 0 Å². The second-order valence-electron chi connectivity index (χ2n) is 5.71. The first kappa shape index (κ1) is 16.0. The van der Waals surface area contributed by atoms with E-state index in [2.05, 4.69) is 37.3 Å². The molecule has 0 unspecified atom stereocenters. The van der Waals surface area contributed by atoms with Crippen LogP contribution in [0.25, 0.3) is 23.0 Å². The zero-order chi connectivity index (χ0) is 17.1. The molecule has 0 aromatic carbocycles. The fourth-order valence-corrected chi connectivity index (χ4v) is 2.40. The average Bonchev–Trinajstić information content (AvgIpc) is 3.01. The zero-order valence-electron chi connectivity index (χ0n) is 14.3. The number of pyridine rings is 1. The van der Waals surface area contributed by atoms with Gasteiger partial charge in [-0.15, -0.1) is 0 Å². The van der Waals surface area contributed by atoms with E-state index in [1.54, 1.807) is 0 Å². The Kier molecular flexibility index (Phi) is 4.50. The van der Waals surface area contributed by atoms with Crippen LogP contribution in [0, 0.1) is 20.8 Å². The standard InChI is InChI=1S/C17H20N6O/c1-5-6-18-17-20-12(4)9-14(21-17)16-22-15(23-24-16)13-7-10(2)19-11(3)8-13/h7-9H,5-6H2,1-4H3,(H,18,20,21). The van der Waals surface area contributed by atoms with Gasteiger partial charge in [-0.05, 0) is 45.4 Å². The van der Waals surface area contributed by atoms with Gasteiger partial charge in [0.05, 0.1) is 0 Å². The maximum Gasteiger partial charge on any atom is 0.277 e. The van der Waals surface area contributed by atoms with Crippen molar-refractivity contribution in [3.05, 3.63) is 35.3 Å². The quantitative estimate of drug-likeness (QED) is 0.769. The highest BCUT2D eigenvalue weighted by Gasteiger charge is 2.14. The molecule has 3 heterocycles. The molecule has 3 aromatic heterocycles. The van der Waals surface area contributed by atoms with Crippen molar-refractivity contribution >= 4 is 5.95 Å². The molecule has 124 valence electrons. The lowest BCUT2D eigenvalue weighted by molar-refractivity contribution is 0.431. The fourth-order valence-electron chi connectivity index (χ4n) is 2.40. The minimum absolute atomic E-state index is 0.377. The van der Waals surface area contributed by atoms with Crippen LogP contribution in [0.3, 0.4) is 0 Å². The van der Waals surface area contributed by atoms with Crippen molar-refractivity contribution in [1.29, 1.82) is 0 Å². The van der Waals surface area contributed by atoms with Crippen LogP contribution in [0.4, 0.5) is 5.95 Å². The van der Waals surface area contributed by atoms with Gasteiger partial charge in [0.25, 0.3) is 5.89 Å². The van der Waals surface area contributed by atoms with Crippen molar-refractivity contribution in [2.24, 2.45) is 0 Å². The van der Waals surface area contributed by atoms with Gasteiger partial charge >= 0.3 is 0 Å². The molecule has 24 heavy (non-hydrogen) atoms. The van der Waals surface area contributed by atoms with Crippen molar-refractivity contribution in [3.63, 3.8) is 0 Å². The summed E-state index contributed by atoms with van der Waals surface area (Å²) in [4.78, 5) is 17.7. The topological polar surface area (TPSA) is 89.6 Å². The summed E-state index contributed by atoms with van der Waals surface area (Å²) in [6.07, 6.45) is 0.998. The van der Waals surface area contributed by atoms with E-state index in [0.717, 1.165) is 35.6 Å². The molecule has 0 spiro atoms. The van der Waals surface area contributed by atoms with Crippen molar-refractivity contribution in [3.8, 4) is 23.0 Å². The lowest BCUT2D eigenvalue weighted by Gasteiger charge is -2.04. The molecule has 0 aliphatic heterocycles. The average molecular weight is 324 g/mol. The van der Waals surface area contributed by atoms with E-state index < -0.39 is 0 Å². The Hall–Kier alpha value is -2.83. The Labute approximate surface area is 140 Å². The molecule has 0 amide bonds. The van der Waals surface area contributed by atoms with E-state index in [0.29, 0.717) is 23.4 Å². The highest BCUT2D eigenvalue weighted by atomic mass is 16.5. The maximum absolute atomic E-state index is 5.40. The molecule has 7 nitrogen and oxygen atoms in total. The summed E-state index contributed by atoms with van der Waals surface area (Å²) >= 11 is 0. The number of nitrogens with one attached hydrogen (secondary N) is 1. The summed E-state index contributed by atoms with van der Waals surface area (Å²) < 4.78 is 5.40. The fraction of sp³-hybridized carbons (Fsp3) is 0.353. The van der Waals surface area contributed by atoms with Crippen LogP contribution < -0.4 is 5.32 Å². The van der Waals surface area contributed by atoms with Crippen LogP contribution in [-0.2, 0) is 0 Å². The highest BCUT2D eigenvalue weighted by Crippen LogP contribution is 2.23. The normalized spacial score (nSPS) is 10.8. The molecule has 0 bridgehead atoms. The largest absolute Gasteiger partial charge is 0.354 e. The van der Waals surface area contributed by atoms with E-state index in [1.807, 2.05) is 39.0 Å². The predicted octanol–water partition coefficient (Wildman–Crippen LogP) is 3.34. The van der Waals surface area contributed by atoms with Gasteiger partial charge in [0, 0.05) is 29.2 Å². The summed E-state index contributed by atoms with van der Waals surface area (Å²) in [5.74, 6) is 1.47. The van der Waals surface area contributed by atoms with E-state index in [4.69, 9.17) is 4.52 Å². The van der Waals surface area contributed by atoms with Gasteiger partial charge in [0.15, 0.2) is 0 Å². The number of hydrogen-bond donors (Lipinski definition) is 1. The van der Waals surface area contributed by atoms with E-state index >= 15 is 0 Å². The van der Waals surface area contributed by atoms with Gasteiger partial charge in [-0.1, -0.05) is 12.1 Å². The molecule has 0 fully saturated rings. The molecule has 1 N–H and O–H groups in total. The van der Waals surface area contributed by atoms with Crippen molar-refractivity contribution < 1.29 is 4.52 Å². The Bertz CT molecular complexity index is 838. The third-order valence-corrected chi connectivity index (χ3v) is 3.37. The highest BCUT2D eigenvalue weighted by molar-refractivity contribution is 5.59. The van der Waals surface area contributed by atoms with E-state index in [1.165, 1.54) is 0 Å². The molecule has 3 rings (SSSR count). The van der Waals surface area contributed by atoms with Crippen molar-refractivity contribution in [2.75, 3.05) is 11.9 Å². The van der Waals surface area contributed by atoms with Crippen LogP contribution in [-0.4, -0.2) is 31.6 Å². The molecule has 7 heteroatoms. The summed E-state index contributed by atoms with van der Waals surface area (Å²) in [5, 5.41) is 7.25. The number of aryl methyl sites for hydroxylation is 3. The molecule has 0 aliphatic carbocycles. The van der Waals surface area contributed by atoms with Crippen LogP contribution >= 0.6 is 0 Å². The number of nitrogens with zero attached hydrogens (tertiary/aromatic N) is 5. The third-order valence-electron chi connectivity index (χ3n) is 3.37. The molecule has 0 aliphatic rings. The second kappa shape index (κ2) is 6.74.